The van der Waals surface area contributed by atoms with E-state index < -0.39 is 0 Å². The van der Waals surface area contributed by atoms with Crippen molar-refractivity contribution in [1.29, 1.82) is 0 Å². The summed E-state index contributed by atoms with van der Waals surface area (Å²) in [5.41, 5.74) is 5.36. The van der Waals surface area contributed by atoms with E-state index in [-0.39, 0.29) is 11.6 Å². The highest BCUT2D eigenvalue weighted by Crippen LogP contribution is 2.33. The zero-order valence-corrected chi connectivity index (χ0v) is 15.8. The maximum Gasteiger partial charge on any atom is 0.137 e. The van der Waals surface area contributed by atoms with Crippen LogP contribution in [0.25, 0.3) is 44.4 Å². The molecular weight excluding hydrogens is 380 g/mol. The summed E-state index contributed by atoms with van der Waals surface area (Å²) in [6, 6.07) is 23.2. The molecule has 3 nitrogen and oxygen atoms in total. The van der Waals surface area contributed by atoms with Crippen LogP contribution in [0.15, 0.2) is 91.3 Å². The predicted octanol–water partition coefficient (Wildman–Crippen LogP) is 6.38. The number of hydrogen-bond acceptors (Lipinski definition) is 1. The molecule has 0 aliphatic rings. The second-order valence-electron chi connectivity index (χ2n) is 7.30. The van der Waals surface area contributed by atoms with Crippen molar-refractivity contribution in [3.05, 3.63) is 103 Å². The van der Waals surface area contributed by atoms with E-state index in [1.54, 1.807) is 12.1 Å². The molecular formula is C25H15F2N3. The van der Waals surface area contributed by atoms with Crippen LogP contribution < -0.4 is 0 Å². The van der Waals surface area contributed by atoms with Crippen LogP contribution in [0.5, 0.6) is 0 Å². The minimum Gasteiger partial charge on any atom is -0.309 e. The Kier molecular flexibility index (Phi) is 3.53. The molecule has 6 rings (SSSR count). The lowest BCUT2D eigenvalue weighted by Crippen LogP contribution is -1.94. The van der Waals surface area contributed by atoms with Crippen molar-refractivity contribution in [1.82, 2.24) is 14.0 Å². The average molecular weight is 395 g/mol. The number of imidazole rings is 1. The predicted molar refractivity (Wildman–Crippen MR) is 115 cm³/mol. The monoisotopic (exact) mass is 395 g/mol. The Morgan fingerprint density at radius 3 is 2.00 bits per heavy atom. The van der Waals surface area contributed by atoms with Crippen LogP contribution in [0.2, 0.25) is 0 Å². The molecule has 0 aliphatic carbocycles. The number of fused-ring (bicyclic) bond motifs is 4. The van der Waals surface area contributed by atoms with E-state index >= 15 is 0 Å². The SMILES string of the molecule is Fc1ccc2c(c1)c1cc(F)ccc1n2-c1ccc(-c2cn3ccccc3n2)cc1. The van der Waals surface area contributed by atoms with E-state index in [0.29, 0.717) is 10.8 Å². The third-order valence-electron chi connectivity index (χ3n) is 5.47. The normalized spacial score (nSPS) is 11.7. The van der Waals surface area contributed by atoms with Gasteiger partial charge >= 0.3 is 0 Å². The summed E-state index contributed by atoms with van der Waals surface area (Å²) in [6.45, 7) is 0. The number of halogens is 2. The van der Waals surface area contributed by atoms with Gasteiger partial charge in [-0.3, -0.25) is 0 Å². The largest absolute Gasteiger partial charge is 0.309 e. The van der Waals surface area contributed by atoms with Gasteiger partial charge in [0.25, 0.3) is 0 Å². The summed E-state index contributed by atoms with van der Waals surface area (Å²) >= 11 is 0. The van der Waals surface area contributed by atoms with Gasteiger partial charge in [0.05, 0.1) is 16.7 Å². The van der Waals surface area contributed by atoms with Crippen LogP contribution in [0.4, 0.5) is 8.78 Å². The van der Waals surface area contributed by atoms with Crippen molar-refractivity contribution in [3.63, 3.8) is 0 Å². The Morgan fingerprint density at radius 2 is 1.37 bits per heavy atom. The van der Waals surface area contributed by atoms with Gasteiger partial charge in [0, 0.05) is 34.4 Å². The summed E-state index contributed by atoms with van der Waals surface area (Å²) < 4.78 is 31.8. The molecule has 0 fully saturated rings. The maximum absolute atomic E-state index is 13.9. The van der Waals surface area contributed by atoms with Crippen LogP contribution in [0.3, 0.4) is 0 Å². The molecule has 144 valence electrons. The zero-order valence-electron chi connectivity index (χ0n) is 15.8. The van der Waals surface area contributed by atoms with E-state index in [9.17, 15) is 8.78 Å². The molecule has 5 heteroatoms. The molecule has 0 aliphatic heterocycles. The van der Waals surface area contributed by atoms with Gasteiger partial charge in [-0.15, -0.1) is 0 Å². The molecule has 0 unspecified atom stereocenters. The fourth-order valence-corrected chi connectivity index (χ4v) is 4.10. The molecule has 0 radical (unpaired) electrons. The van der Waals surface area contributed by atoms with Crippen LogP contribution in [-0.4, -0.2) is 14.0 Å². The molecule has 0 bridgehead atoms. The minimum atomic E-state index is -0.340. The highest BCUT2D eigenvalue weighted by molar-refractivity contribution is 6.09. The first-order chi connectivity index (χ1) is 14.7. The molecule has 0 N–H and O–H groups in total. The summed E-state index contributed by atoms with van der Waals surface area (Å²) in [6.07, 6.45) is 3.97. The summed E-state index contributed by atoms with van der Waals surface area (Å²) in [4.78, 5) is 4.67. The summed E-state index contributed by atoms with van der Waals surface area (Å²) in [5.74, 6) is -0.680. The van der Waals surface area contributed by atoms with Gasteiger partial charge in [-0.25, -0.2) is 13.8 Å². The first-order valence-electron chi connectivity index (χ1n) is 9.61. The summed E-state index contributed by atoms with van der Waals surface area (Å²) in [7, 11) is 0. The van der Waals surface area contributed by atoms with Crippen LogP contribution in [0, 0.1) is 11.6 Å². The second-order valence-corrected chi connectivity index (χ2v) is 7.30. The highest BCUT2D eigenvalue weighted by Gasteiger charge is 2.14. The molecule has 6 aromatic rings. The number of pyridine rings is 1. The summed E-state index contributed by atoms with van der Waals surface area (Å²) in [5, 5.41) is 1.38. The molecule has 30 heavy (non-hydrogen) atoms. The highest BCUT2D eigenvalue weighted by atomic mass is 19.1. The van der Waals surface area contributed by atoms with Crippen LogP contribution >= 0.6 is 0 Å². The Balaban J connectivity index is 1.53. The van der Waals surface area contributed by atoms with E-state index in [4.69, 9.17) is 0 Å². The van der Waals surface area contributed by atoms with Gasteiger partial charge in [0.15, 0.2) is 0 Å². The standard InChI is InChI=1S/C25H15F2N3/c26-17-6-10-23-20(13-17)21-14-18(27)7-11-24(21)30(23)19-8-4-16(5-9-19)22-15-29-12-2-1-3-25(29)28-22/h1-15H. The van der Waals surface area contributed by atoms with Gasteiger partial charge in [-0.05, 0) is 60.7 Å². The first kappa shape index (κ1) is 16.9. The lowest BCUT2D eigenvalue weighted by Gasteiger charge is -2.08. The van der Waals surface area contributed by atoms with Crippen LogP contribution in [-0.2, 0) is 0 Å². The molecule has 0 saturated carbocycles. The van der Waals surface area contributed by atoms with E-state index in [2.05, 4.69) is 4.98 Å². The molecule has 0 amide bonds. The Hall–Kier alpha value is -3.99. The lowest BCUT2D eigenvalue weighted by molar-refractivity contribution is 0.628. The molecule has 0 saturated heterocycles. The quantitative estimate of drug-likeness (QED) is 0.334. The van der Waals surface area contributed by atoms with Crippen molar-refractivity contribution in [2.24, 2.45) is 0 Å². The molecule has 0 spiro atoms. The van der Waals surface area contributed by atoms with Gasteiger partial charge in [0.1, 0.15) is 17.3 Å². The number of benzene rings is 3. The van der Waals surface area contributed by atoms with Crippen molar-refractivity contribution in [2.75, 3.05) is 0 Å². The van der Waals surface area contributed by atoms with Crippen molar-refractivity contribution in [2.45, 2.75) is 0 Å². The first-order valence-corrected chi connectivity index (χ1v) is 9.61. The Morgan fingerprint density at radius 1 is 0.700 bits per heavy atom. The lowest BCUT2D eigenvalue weighted by atomic mass is 10.1. The molecule has 0 atom stereocenters. The second kappa shape index (κ2) is 6.26. The fraction of sp³-hybridized carbons (Fsp3) is 0. The zero-order chi connectivity index (χ0) is 20.2. The number of aromatic nitrogens is 3. The van der Waals surface area contributed by atoms with E-state index in [0.717, 1.165) is 33.6 Å². The maximum atomic E-state index is 13.9. The average Bonchev–Trinajstić information content (AvgIpc) is 3.33. The topological polar surface area (TPSA) is 22.2 Å². The van der Waals surface area contributed by atoms with Crippen molar-refractivity contribution in [3.8, 4) is 16.9 Å². The third-order valence-corrected chi connectivity index (χ3v) is 5.47. The molecule has 3 heterocycles. The van der Waals surface area contributed by atoms with Gasteiger partial charge < -0.3 is 8.97 Å². The number of hydrogen-bond donors (Lipinski definition) is 0. The van der Waals surface area contributed by atoms with E-state index in [1.165, 1.54) is 24.3 Å². The molecule has 3 aromatic heterocycles. The van der Waals surface area contributed by atoms with Gasteiger partial charge in [-0.1, -0.05) is 18.2 Å². The van der Waals surface area contributed by atoms with E-state index in [1.807, 2.05) is 63.8 Å². The smallest absolute Gasteiger partial charge is 0.137 e. The third kappa shape index (κ3) is 2.52. The number of rotatable bonds is 2. The Bertz CT molecular complexity index is 1470. The number of nitrogens with zero attached hydrogens (tertiary/aromatic N) is 3. The minimum absolute atomic E-state index is 0.340. The Labute approximate surface area is 170 Å². The molecule has 3 aromatic carbocycles. The van der Waals surface area contributed by atoms with Crippen LogP contribution in [0.1, 0.15) is 0 Å². The van der Waals surface area contributed by atoms with Crippen molar-refractivity contribution >= 4 is 27.5 Å². The fourth-order valence-electron chi connectivity index (χ4n) is 4.10. The van der Waals surface area contributed by atoms with Gasteiger partial charge in [-0.2, -0.15) is 0 Å². The van der Waals surface area contributed by atoms with Crippen molar-refractivity contribution < 1.29 is 8.78 Å². The van der Waals surface area contributed by atoms with Gasteiger partial charge in [0.2, 0.25) is 0 Å².